The molecule has 96 valence electrons. The third-order valence-corrected chi connectivity index (χ3v) is 3.16. The van der Waals surface area contributed by atoms with E-state index in [2.05, 4.69) is 0 Å². The number of alkyl halides is 3. The van der Waals surface area contributed by atoms with Gasteiger partial charge in [-0.3, -0.25) is 0 Å². The van der Waals surface area contributed by atoms with Crippen LogP contribution in [0.1, 0.15) is 24.0 Å². The number of unbranched alkanes of at least 4 members (excludes halogenated alkanes) is 1. The van der Waals surface area contributed by atoms with Gasteiger partial charge in [-0.05, 0) is 55.8 Å². The van der Waals surface area contributed by atoms with Crippen LogP contribution in [0.2, 0.25) is 0 Å². The van der Waals surface area contributed by atoms with Crippen LogP contribution in [0.25, 0.3) is 0 Å². The van der Waals surface area contributed by atoms with E-state index in [-0.39, 0.29) is 0 Å². The Kier molecular flexibility index (Phi) is 5.33. The molecule has 1 rings (SSSR count). The van der Waals surface area contributed by atoms with Gasteiger partial charge in [0.05, 0.1) is 5.56 Å². The Morgan fingerprint density at radius 3 is 2.41 bits per heavy atom. The van der Waals surface area contributed by atoms with Crippen LogP contribution in [0, 0.1) is 0 Å². The van der Waals surface area contributed by atoms with E-state index < -0.39 is 11.7 Å². The van der Waals surface area contributed by atoms with Crippen molar-refractivity contribution < 1.29 is 13.2 Å². The topological polar surface area (TPSA) is 26.0 Å². The van der Waals surface area contributed by atoms with Crippen molar-refractivity contribution in [3.05, 3.63) is 29.3 Å². The number of nitrogens with two attached hydrogens (primary N) is 1. The van der Waals surface area contributed by atoms with Crippen LogP contribution in [0.5, 0.6) is 0 Å². The van der Waals surface area contributed by atoms with Crippen LogP contribution in [-0.4, -0.2) is 12.8 Å². The molecule has 0 fully saturated rings. The fraction of sp³-hybridized carbons (Fsp3) is 0.500. The number of thioether (sulfide) groups is 1. The van der Waals surface area contributed by atoms with Crippen molar-refractivity contribution in [3.8, 4) is 0 Å². The fourth-order valence-electron chi connectivity index (χ4n) is 1.56. The summed E-state index contributed by atoms with van der Waals surface area (Å²) < 4.78 is 37.9. The van der Waals surface area contributed by atoms with Gasteiger partial charge in [0.15, 0.2) is 0 Å². The summed E-state index contributed by atoms with van der Waals surface area (Å²) >= 11 is 1.33. The number of benzene rings is 1. The van der Waals surface area contributed by atoms with Crippen LogP contribution in [0.4, 0.5) is 13.2 Å². The molecular weight excluding hydrogens is 247 g/mol. The second kappa shape index (κ2) is 6.31. The number of rotatable bonds is 5. The number of hydrogen-bond acceptors (Lipinski definition) is 2. The van der Waals surface area contributed by atoms with Crippen LogP contribution in [0.15, 0.2) is 23.1 Å². The molecule has 0 radical (unpaired) electrons. The maximum atomic E-state index is 12.6. The second-order valence-electron chi connectivity index (χ2n) is 3.81. The highest BCUT2D eigenvalue weighted by atomic mass is 32.2. The van der Waals surface area contributed by atoms with Crippen LogP contribution >= 0.6 is 11.8 Å². The quantitative estimate of drug-likeness (QED) is 0.647. The third kappa shape index (κ3) is 4.60. The molecule has 1 aromatic rings. The first-order valence-electron chi connectivity index (χ1n) is 5.42. The normalized spacial score (nSPS) is 11.8. The van der Waals surface area contributed by atoms with Gasteiger partial charge in [-0.2, -0.15) is 13.2 Å². The van der Waals surface area contributed by atoms with Gasteiger partial charge in [-0.25, -0.2) is 0 Å². The molecule has 0 atom stereocenters. The SMILES string of the molecule is CSc1cc(CCCCN)cc(C(F)(F)F)c1. The van der Waals surface area contributed by atoms with Crippen molar-refractivity contribution in [2.75, 3.05) is 12.8 Å². The van der Waals surface area contributed by atoms with E-state index in [1.807, 2.05) is 6.07 Å². The first-order chi connectivity index (χ1) is 7.97. The highest BCUT2D eigenvalue weighted by molar-refractivity contribution is 7.98. The fourth-order valence-corrected chi connectivity index (χ4v) is 2.07. The Morgan fingerprint density at radius 2 is 1.88 bits per heavy atom. The number of hydrogen-bond donors (Lipinski definition) is 1. The average Bonchev–Trinajstić information content (AvgIpc) is 2.28. The molecular formula is C12H16F3NS. The lowest BCUT2D eigenvalue weighted by molar-refractivity contribution is -0.137. The number of halogens is 3. The summed E-state index contributed by atoms with van der Waals surface area (Å²) in [7, 11) is 0. The molecule has 17 heavy (non-hydrogen) atoms. The van der Waals surface area contributed by atoms with Gasteiger partial charge in [0.1, 0.15) is 0 Å². The zero-order valence-corrected chi connectivity index (χ0v) is 10.5. The van der Waals surface area contributed by atoms with E-state index in [0.29, 0.717) is 17.9 Å². The zero-order valence-electron chi connectivity index (χ0n) is 9.68. The standard InChI is InChI=1S/C12H16F3NS/c1-17-11-7-9(4-2-3-5-16)6-10(8-11)12(13,14)15/h6-8H,2-5,16H2,1H3. The van der Waals surface area contributed by atoms with Gasteiger partial charge in [0.2, 0.25) is 0 Å². The lowest BCUT2D eigenvalue weighted by atomic mass is 10.0. The molecule has 0 aliphatic carbocycles. The Morgan fingerprint density at radius 1 is 1.18 bits per heavy atom. The molecule has 0 aromatic heterocycles. The van der Waals surface area contributed by atoms with Crippen molar-refractivity contribution in [2.45, 2.75) is 30.3 Å². The van der Waals surface area contributed by atoms with Gasteiger partial charge < -0.3 is 5.73 Å². The van der Waals surface area contributed by atoms with Gasteiger partial charge in [-0.15, -0.1) is 11.8 Å². The molecule has 0 unspecified atom stereocenters. The van der Waals surface area contributed by atoms with E-state index >= 15 is 0 Å². The van der Waals surface area contributed by atoms with Crippen LogP contribution in [0.3, 0.4) is 0 Å². The minimum atomic E-state index is -4.27. The summed E-state index contributed by atoms with van der Waals surface area (Å²) in [6.45, 7) is 0.578. The third-order valence-electron chi connectivity index (χ3n) is 2.45. The van der Waals surface area contributed by atoms with E-state index in [4.69, 9.17) is 5.73 Å². The summed E-state index contributed by atoms with van der Waals surface area (Å²) in [4.78, 5) is 0.655. The maximum absolute atomic E-state index is 12.6. The molecule has 1 aromatic carbocycles. The van der Waals surface area contributed by atoms with Gasteiger partial charge in [0, 0.05) is 4.90 Å². The highest BCUT2D eigenvalue weighted by Gasteiger charge is 2.31. The minimum absolute atomic E-state index is 0.563. The van der Waals surface area contributed by atoms with E-state index in [9.17, 15) is 13.2 Å². The van der Waals surface area contributed by atoms with E-state index in [1.165, 1.54) is 23.9 Å². The molecule has 0 bridgehead atoms. The monoisotopic (exact) mass is 263 g/mol. The second-order valence-corrected chi connectivity index (χ2v) is 4.69. The summed E-state index contributed by atoms with van der Waals surface area (Å²) in [5.41, 5.74) is 5.53. The molecule has 0 spiro atoms. The Balaban J connectivity index is 2.89. The largest absolute Gasteiger partial charge is 0.416 e. The van der Waals surface area contributed by atoms with E-state index in [1.54, 1.807) is 6.26 Å². The van der Waals surface area contributed by atoms with Crippen molar-refractivity contribution in [3.63, 3.8) is 0 Å². The van der Waals surface area contributed by atoms with Crippen molar-refractivity contribution in [1.82, 2.24) is 0 Å². The molecule has 5 heteroatoms. The van der Waals surface area contributed by atoms with E-state index in [0.717, 1.165) is 18.4 Å². The summed E-state index contributed by atoms with van der Waals surface area (Å²) in [6.07, 6.45) is -0.182. The van der Waals surface area contributed by atoms with Crippen molar-refractivity contribution >= 4 is 11.8 Å². The molecule has 0 heterocycles. The molecule has 0 amide bonds. The van der Waals surface area contributed by atoms with Crippen LogP contribution in [-0.2, 0) is 12.6 Å². The number of aryl methyl sites for hydroxylation is 1. The molecule has 1 nitrogen and oxygen atoms in total. The van der Waals surface area contributed by atoms with Gasteiger partial charge >= 0.3 is 6.18 Å². The first-order valence-corrected chi connectivity index (χ1v) is 6.65. The Bertz CT molecular complexity index is 363. The maximum Gasteiger partial charge on any atom is 0.416 e. The lowest BCUT2D eigenvalue weighted by Gasteiger charge is -2.11. The summed E-state index contributed by atoms with van der Waals surface area (Å²) in [5.74, 6) is 0. The Hall–Kier alpha value is -0.680. The highest BCUT2D eigenvalue weighted by Crippen LogP contribution is 2.33. The van der Waals surface area contributed by atoms with Crippen LogP contribution < -0.4 is 5.73 Å². The summed E-state index contributed by atoms with van der Waals surface area (Å²) in [6, 6.07) is 4.24. The molecule has 0 saturated heterocycles. The predicted octanol–water partition coefficient (Wildman–Crippen LogP) is 3.71. The summed E-state index contributed by atoms with van der Waals surface area (Å²) in [5, 5.41) is 0. The van der Waals surface area contributed by atoms with Gasteiger partial charge in [-0.1, -0.05) is 0 Å². The van der Waals surface area contributed by atoms with Crippen molar-refractivity contribution in [1.29, 1.82) is 0 Å². The Labute approximate surface area is 104 Å². The average molecular weight is 263 g/mol. The van der Waals surface area contributed by atoms with Crippen molar-refractivity contribution in [2.24, 2.45) is 5.73 Å². The van der Waals surface area contributed by atoms with Gasteiger partial charge in [0.25, 0.3) is 0 Å². The minimum Gasteiger partial charge on any atom is -0.330 e. The molecule has 2 N–H and O–H groups in total. The predicted molar refractivity (Wildman–Crippen MR) is 65.2 cm³/mol. The molecule has 0 aliphatic heterocycles. The molecule has 0 saturated carbocycles. The molecule has 0 aliphatic rings. The zero-order chi connectivity index (χ0) is 12.9. The lowest BCUT2D eigenvalue weighted by Crippen LogP contribution is -2.06. The first kappa shape index (κ1) is 14.4. The smallest absolute Gasteiger partial charge is 0.330 e.